The third-order valence-electron chi connectivity index (χ3n) is 5.84. The van der Waals surface area contributed by atoms with Gasteiger partial charge in [-0.25, -0.2) is 0 Å². The predicted octanol–water partition coefficient (Wildman–Crippen LogP) is 4.88. The van der Waals surface area contributed by atoms with Gasteiger partial charge in [0.1, 0.15) is 11.5 Å². The Morgan fingerprint density at radius 3 is 2.59 bits per heavy atom. The van der Waals surface area contributed by atoms with Gasteiger partial charge in [-0.1, -0.05) is 12.2 Å². The van der Waals surface area contributed by atoms with Crippen molar-refractivity contribution in [1.82, 2.24) is 9.88 Å². The van der Waals surface area contributed by atoms with Crippen LogP contribution in [0.1, 0.15) is 32.1 Å². The minimum atomic E-state index is 0.101. The van der Waals surface area contributed by atoms with Crippen LogP contribution in [0.4, 0.5) is 5.69 Å². The lowest BCUT2D eigenvalue weighted by molar-refractivity contribution is -0.121. The molecule has 1 amide bonds. The van der Waals surface area contributed by atoms with E-state index in [0.29, 0.717) is 5.75 Å². The number of ether oxygens (including phenoxy) is 1. The van der Waals surface area contributed by atoms with Crippen molar-refractivity contribution in [2.75, 3.05) is 25.0 Å². The lowest BCUT2D eigenvalue weighted by atomic mass is 9.91. The number of hydrogen-bond donors (Lipinski definition) is 1. The number of amides is 1. The summed E-state index contributed by atoms with van der Waals surface area (Å²) >= 11 is 0. The molecule has 2 heterocycles. The van der Waals surface area contributed by atoms with E-state index in [2.05, 4.69) is 27.4 Å². The molecule has 0 radical (unpaired) electrons. The van der Waals surface area contributed by atoms with Gasteiger partial charge in [0.2, 0.25) is 5.91 Å². The number of anilines is 1. The van der Waals surface area contributed by atoms with Crippen molar-refractivity contribution in [1.29, 1.82) is 0 Å². The van der Waals surface area contributed by atoms with Gasteiger partial charge in [0.15, 0.2) is 0 Å². The summed E-state index contributed by atoms with van der Waals surface area (Å²) in [5.74, 6) is 2.44. The van der Waals surface area contributed by atoms with Gasteiger partial charge in [0, 0.05) is 24.3 Å². The van der Waals surface area contributed by atoms with Gasteiger partial charge in [-0.05, 0) is 87.5 Å². The fourth-order valence-corrected chi connectivity index (χ4v) is 4.16. The summed E-state index contributed by atoms with van der Waals surface area (Å²) in [5.41, 5.74) is 0.810. The lowest BCUT2D eigenvalue weighted by Gasteiger charge is -2.34. The van der Waals surface area contributed by atoms with Crippen molar-refractivity contribution in [3.05, 3.63) is 60.9 Å². The Bertz CT molecular complexity index is 812. The lowest BCUT2D eigenvalue weighted by Crippen LogP contribution is -2.40. The first-order chi connectivity index (χ1) is 14.3. The quantitative estimate of drug-likeness (QED) is 0.713. The van der Waals surface area contributed by atoms with E-state index < -0.39 is 0 Å². The minimum Gasteiger partial charge on any atom is -0.456 e. The molecular weight excluding hydrogens is 362 g/mol. The maximum absolute atomic E-state index is 12.7. The van der Waals surface area contributed by atoms with E-state index in [1.807, 2.05) is 36.4 Å². The highest BCUT2D eigenvalue weighted by Crippen LogP contribution is 2.25. The Kier molecular flexibility index (Phi) is 6.57. The zero-order valence-electron chi connectivity index (χ0n) is 16.8. The molecule has 1 aliphatic heterocycles. The molecular formula is C24H29N3O2. The largest absolute Gasteiger partial charge is 0.456 e. The van der Waals surface area contributed by atoms with Gasteiger partial charge in [-0.3, -0.25) is 9.78 Å². The van der Waals surface area contributed by atoms with Crippen LogP contribution in [-0.2, 0) is 4.79 Å². The Morgan fingerprint density at radius 2 is 1.90 bits per heavy atom. The van der Waals surface area contributed by atoms with Gasteiger partial charge in [-0.15, -0.1) is 0 Å². The molecule has 29 heavy (non-hydrogen) atoms. The van der Waals surface area contributed by atoms with E-state index in [0.717, 1.165) is 43.3 Å². The molecule has 2 aromatic rings. The highest BCUT2D eigenvalue weighted by atomic mass is 16.5. The number of carbonyl (C=O) groups is 1. The first-order valence-corrected chi connectivity index (χ1v) is 10.6. The van der Waals surface area contributed by atoms with Crippen LogP contribution in [0.15, 0.2) is 60.9 Å². The minimum absolute atomic E-state index is 0.101. The molecule has 0 bridgehead atoms. The number of hydrogen-bond acceptors (Lipinski definition) is 4. The summed E-state index contributed by atoms with van der Waals surface area (Å²) in [5, 5.41) is 3.06. The van der Waals surface area contributed by atoms with Crippen LogP contribution >= 0.6 is 0 Å². The summed E-state index contributed by atoms with van der Waals surface area (Å²) in [6.45, 7) is 3.23. The second kappa shape index (κ2) is 9.70. The number of nitrogens with zero attached hydrogens (tertiary/aromatic N) is 2. The molecule has 0 saturated carbocycles. The molecule has 0 spiro atoms. The predicted molar refractivity (Wildman–Crippen MR) is 115 cm³/mol. The summed E-state index contributed by atoms with van der Waals surface area (Å²) in [6, 6.07) is 11.2. The van der Waals surface area contributed by atoms with Crippen LogP contribution in [0, 0.1) is 11.8 Å². The van der Waals surface area contributed by atoms with E-state index >= 15 is 0 Å². The molecule has 2 aliphatic rings. The van der Waals surface area contributed by atoms with Crippen molar-refractivity contribution in [3.63, 3.8) is 0 Å². The average Bonchev–Trinajstić information content (AvgIpc) is 2.77. The van der Waals surface area contributed by atoms with Gasteiger partial charge in [0.25, 0.3) is 0 Å². The van der Waals surface area contributed by atoms with E-state index in [9.17, 15) is 4.79 Å². The number of pyridine rings is 1. The average molecular weight is 392 g/mol. The number of likely N-dealkylation sites (tertiary alicyclic amines) is 1. The third kappa shape index (κ3) is 5.67. The molecule has 1 atom stereocenters. The molecule has 1 aromatic carbocycles. The standard InChI is InChI=1S/C24H29N3O2/c28-24(20-12-15-27(16-13-20)18-19-5-2-1-3-6-19)26-21-8-10-22(11-9-21)29-23-7-4-14-25-17-23/h1-2,4,7-11,14,17,19-20H,3,5-6,12-13,15-16,18H2,(H,26,28)/t19-/m1/s1. The van der Waals surface area contributed by atoms with Gasteiger partial charge >= 0.3 is 0 Å². The molecule has 1 aromatic heterocycles. The van der Waals surface area contributed by atoms with Crippen molar-refractivity contribution in [2.24, 2.45) is 11.8 Å². The molecule has 152 valence electrons. The zero-order valence-corrected chi connectivity index (χ0v) is 16.8. The van der Waals surface area contributed by atoms with E-state index in [1.54, 1.807) is 12.4 Å². The second-order valence-electron chi connectivity index (χ2n) is 8.03. The van der Waals surface area contributed by atoms with Crippen LogP contribution < -0.4 is 10.1 Å². The van der Waals surface area contributed by atoms with Crippen LogP contribution in [0.5, 0.6) is 11.5 Å². The summed E-state index contributed by atoms with van der Waals surface area (Å²) in [4.78, 5) is 19.2. The maximum Gasteiger partial charge on any atom is 0.227 e. The maximum atomic E-state index is 12.7. The van der Waals surface area contributed by atoms with Gasteiger partial charge < -0.3 is 15.0 Å². The van der Waals surface area contributed by atoms with Crippen molar-refractivity contribution < 1.29 is 9.53 Å². The summed E-state index contributed by atoms with van der Waals surface area (Å²) in [7, 11) is 0. The fraction of sp³-hybridized carbons (Fsp3) is 0.417. The molecule has 5 heteroatoms. The van der Waals surface area contributed by atoms with Crippen LogP contribution in [-0.4, -0.2) is 35.4 Å². The normalized spacial score (nSPS) is 20.3. The van der Waals surface area contributed by atoms with E-state index in [4.69, 9.17) is 4.74 Å². The molecule has 1 fully saturated rings. The number of rotatable bonds is 6. The number of piperidine rings is 1. The summed E-state index contributed by atoms with van der Waals surface area (Å²) in [6.07, 6.45) is 13.6. The zero-order chi connectivity index (χ0) is 19.9. The molecule has 1 aliphatic carbocycles. The topological polar surface area (TPSA) is 54.5 Å². The first-order valence-electron chi connectivity index (χ1n) is 10.6. The number of benzene rings is 1. The smallest absolute Gasteiger partial charge is 0.227 e. The summed E-state index contributed by atoms with van der Waals surface area (Å²) < 4.78 is 5.74. The number of aromatic nitrogens is 1. The Labute approximate surface area is 172 Å². The highest BCUT2D eigenvalue weighted by molar-refractivity contribution is 5.92. The molecule has 5 nitrogen and oxygen atoms in total. The van der Waals surface area contributed by atoms with Crippen LogP contribution in [0.3, 0.4) is 0 Å². The van der Waals surface area contributed by atoms with E-state index in [1.165, 1.54) is 25.8 Å². The Hall–Kier alpha value is -2.66. The first kappa shape index (κ1) is 19.6. The number of carbonyl (C=O) groups excluding carboxylic acids is 1. The second-order valence-corrected chi connectivity index (χ2v) is 8.03. The molecule has 1 N–H and O–H groups in total. The number of allylic oxidation sites excluding steroid dienone is 2. The number of nitrogens with one attached hydrogen (secondary N) is 1. The van der Waals surface area contributed by atoms with Crippen molar-refractivity contribution in [2.45, 2.75) is 32.1 Å². The Morgan fingerprint density at radius 1 is 1.07 bits per heavy atom. The SMILES string of the molecule is O=C(Nc1ccc(Oc2cccnc2)cc1)C1CCN(C[C@@H]2CC=CCC2)CC1. The molecule has 1 saturated heterocycles. The molecule has 0 unspecified atom stereocenters. The fourth-order valence-electron chi connectivity index (χ4n) is 4.16. The Balaban J connectivity index is 1.23. The van der Waals surface area contributed by atoms with Crippen LogP contribution in [0.2, 0.25) is 0 Å². The highest BCUT2D eigenvalue weighted by Gasteiger charge is 2.26. The van der Waals surface area contributed by atoms with Gasteiger partial charge in [-0.2, -0.15) is 0 Å². The van der Waals surface area contributed by atoms with E-state index in [-0.39, 0.29) is 11.8 Å². The van der Waals surface area contributed by atoms with Crippen molar-refractivity contribution >= 4 is 11.6 Å². The van der Waals surface area contributed by atoms with Gasteiger partial charge in [0.05, 0.1) is 6.20 Å². The molecule has 4 rings (SSSR count). The monoisotopic (exact) mass is 391 g/mol. The third-order valence-corrected chi connectivity index (χ3v) is 5.84. The van der Waals surface area contributed by atoms with Crippen LogP contribution in [0.25, 0.3) is 0 Å². The van der Waals surface area contributed by atoms with Crippen molar-refractivity contribution in [3.8, 4) is 11.5 Å².